The van der Waals surface area contributed by atoms with Gasteiger partial charge in [-0.3, -0.25) is 0 Å². The molecular formula is C8H16O2. The lowest BCUT2D eigenvalue weighted by molar-refractivity contribution is -0.115. The van der Waals surface area contributed by atoms with Gasteiger partial charge in [0.1, 0.15) is 6.29 Å². The van der Waals surface area contributed by atoms with E-state index in [2.05, 4.69) is 0 Å². The third-order valence-corrected chi connectivity index (χ3v) is 1.77. The summed E-state index contributed by atoms with van der Waals surface area (Å²) >= 11 is 0. The topological polar surface area (TPSA) is 37.3 Å². The van der Waals surface area contributed by atoms with E-state index in [1.807, 2.05) is 20.8 Å². The Labute approximate surface area is 62.2 Å². The molecule has 0 aromatic carbocycles. The maximum atomic E-state index is 10.3. The van der Waals surface area contributed by atoms with E-state index in [4.69, 9.17) is 0 Å². The minimum Gasteiger partial charge on any atom is -0.392 e. The fourth-order valence-corrected chi connectivity index (χ4v) is 0.913. The van der Waals surface area contributed by atoms with Crippen LogP contribution in [0.3, 0.4) is 0 Å². The van der Waals surface area contributed by atoms with Crippen LogP contribution in [0.25, 0.3) is 0 Å². The Bertz CT molecular complexity index is 99.4. The van der Waals surface area contributed by atoms with Gasteiger partial charge in [0.15, 0.2) is 0 Å². The van der Waals surface area contributed by atoms with E-state index in [1.54, 1.807) is 0 Å². The molecule has 0 radical (unpaired) electrons. The Morgan fingerprint density at radius 3 is 2.10 bits per heavy atom. The van der Waals surface area contributed by atoms with Crippen molar-refractivity contribution in [3.8, 4) is 0 Å². The number of carbonyl (C=O) groups excluding carboxylic acids is 1. The molecule has 0 heterocycles. The minimum absolute atomic E-state index is 0.176. The van der Waals surface area contributed by atoms with E-state index in [-0.39, 0.29) is 11.8 Å². The van der Waals surface area contributed by atoms with Crippen molar-refractivity contribution in [3.63, 3.8) is 0 Å². The molecule has 1 N–H and O–H groups in total. The van der Waals surface area contributed by atoms with Gasteiger partial charge in [-0.1, -0.05) is 20.8 Å². The second-order valence-corrected chi connectivity index (χ2v) is 2.94. The van der Waals surface area contributed by atoms with Gasteiger partial charge in [0, 0.05) is 5.92 Å². The molecule has 0 amide bonds. The molecule has 2 heteroatoms. The van der Waals surface area contributed by atoms with Crippen LogP contribution in [-0.4, -0.2) is 17.5 Å². The first-order valence-corrected chi connectivity index (χ1v) is 3.76. The van der Waals surface area contributed by atoms with Crippen LogP contribution in [0.1, 0.15) is 27.2 Å². The molecule has 0 unspecified atom stereocenters. The molecule has 0 aliphatic heterocycles. The summed E-state index contributed by atoms with van der Waals surface area (Å²) in [6.45, 7) is 5.73. The number of carbonyl (C=O) groups is 1. The fraction of sp³-hybridized carbons (Fsp3) is 0.875. The molecule has 0 aromatic heterocycles. The van der Waals surface area contributed by atoms with Crippen LogP contribution >= 0.6 is 0 Å². The molecule has 2 atom stereocenters. The van der Waals surface area contributed by atoms with Crippen LogP contribution in [0.15, 0.2) is 0 Å². The summed E-state index contributed by atoms with van der Waals surface area (Å²) in [4.78, 5) is 10.3. The quantitative estimate of drug-likeness (QED) is 0.602. The number of rotatable bonds is 4. The second kappa shape index (κ2) is 4.45. The lowest BCUT2D eigenvalue weighted by atomic mass is 9.93. The third kappa shape index (κ3) is 2.48. The van der Waals surface area contributed by atoms with E-state index < -0.39 is 6.10 Å². The molecule has 0 saturated heterocycles. The van der Waals surface area contributed by atoms with Crippen molar-refractivity contribution in [2.45, 2.75) is 33.3 Å². The van der Waals surface area contributed by atoms with Crippen molar-refractivity contribution < 1.29 is 9.90 Å². The molecule has 0 aromatic rings. The molecule has 0 bridgehead atoms. The highest BCUT2D eigenvalue weighted by molar-refractivity contribution is 5.54. The average Bonchev–Trinajstić information content (AvgIpc) is 1.90. The van der Waals surface area contributed by atoms with Gasteiger partial charge in [-0.2, -0.15) is 0 Å². The molecule has 0 saturated carbocycles. The minimum atomic E-state index is -0.470. The Morgan fingerprint density at radius 1 is 1.50 bits per heavy atom. The zero-order valence-electron chi connectivity index (χ0n) is 6.87. The summed E-state index contributed by atoms with van der Waals surface area (Å²) in [5.41, 5.74) is 0. The van der Waals surface area contributed by atoms with Crippen molar-refractivity contribution in [1.29, 1.82) is 0 Å². The third-order valence-electron chi connectivity index (χ3n) is 1.77. The van der Waals surface area contributed by atoms with Gasteiger partial charge < -0.3 is 9.90 Å². The first-order valence-electron chi connectivity index (χ1n) is 3.76. The molecule has 0 spiro atoms. The fourth-order valence-electron chi connectivity index (χ4n) is 0.913. The number of hydrogen-bond acceptors (Lipinski definition) is 2. The van der Waals surface area contributed by atoms with Gasteiger partial charge in [-0.05, 0) is 12.3 Å². The molecule has 2 nitrogen and oxygen atoms in total. The van der Waals surface area contributed by atoms with Crippen molar-refractivity contribution in [1.82, 2.24) is 0 Å². The van der Waals surface area contributed by atoms with Gasteiger partial charge in [0.05, 0.1) is 6.10 Å². The highest BCUT2D eigenvalue weighted by atomic mass is 16.3. The van der Waals surface area contributed by atoms with Crippen LogP contribution in [0, 0.1) is 11.8 Å². The lowest BCUT2D eigenvalue weighted by Gasteiger charge is -2.18. The van der Waals surface area contributed by atoms with Gasteiger partial charge in [0.25, 0.3) is 0 Å². The first-order chi connectivity index (χ1) is 4.63. The molecule has 0 aliphatic carbocycles. The predicted octanol–water partition coefficient (Wildman–Crippen LogP) is 1.23. The number of aliphatic hydroxyl groups is 1. The molecule has 10 heavy (non-hydrogen) atoms. The van der Waals surface area contributed by atoms with Gasteiger partial charge in [-0.15, -0.1) is 0 Å². The first kappa shape index (κ1) is 9.63. The summed E-state index contributed by atoms with van der Waals surface area (Å²) in [5, 5.41) is 9.35. The van der Waals surface area contributed by atoms with E-state index in [1.165, 1.54) is 0 Å². The maximum absolute atomic E-state index is 10.3. The summed E-state index contributed by atoms with van der Waals surface area (Å²) in [6, 6.07) is 0. The zero-order chi connectivity index (χ0) is 8.15. The molecular weight excluding hydrogens is 128 g/mol. The highest BCUT2D eigenvalue weighted by Crippen LogP contribution is 2.13. The van der Waals surface area contributed by atoms with E-state index in [0.717, 1.165) is 12.7 Å². The van der Waals surface area contributed by atoms with E-state index in [9.17, 15) is 9.90 Å². The largest absolute Gasteiger partial charge is 0.392 e. The summed E-state index contributed by atoms with van der Waals surface area (Å²) in [6.07, 6.45) is 1.09. The molecule has 0 fully saturated rings. The summed E-state index contributed by atoms with van der Waals surface area (Å²) in [7, 11) is 0. The standard InChI is InChI=1S/C8H16O2/c1-4-7(5-9)8(10)6(2)3/h5-8,10H,4H2,1-3H3/t7-,8+/m0/s1. The second-order valence-electron chi connectivity index (χ2n) is 2.94. The molecule has 0 rings (SSSR count). The Kier molecular flexibility index (Phi) is 4.28. The van der Waals surface area contributed by atoms with Gasteiger partial charge in [0.2, 0.25) is 0 Å². The zero-order valence-corrected chi connectivity index (χ0v) is 6.87. The van der Waals surface area contributed by atoms with Gasteiger partial charge >= 0.3 is 0 Å². The van der Waals surface area contributed by atoms with Crippen molar-refractivity contribution in [2.24, 2.45) is 11.8 Å². The van der Waals surface area contributed by atoms with Crippen molar-refractivity contribution in [3.05, 3.63) is 0 Å². The molecule has 60 valence electrons. The van der Waals surface area contributed by atoms with Crippen LogP contribution in [0.5, 0.6) is 0 Å². The van der Waals surface area contributed by atoms with Crippen LogP contribution < -0.4 is 0 Å². The summed E-state index contributed by atoms with van der Waals surface area (Å²) < 4.78 is 0. The Hall–Kier alpha value is -0.370. The number of aliphatic hydroxyl groups excluding tert-OH is 1. The normalized spacial score (nSPS) is 16.9. The number of aldehydes is 1. The average molecular weight is 144 g/mol. The van der Waals surface area contributed by atoms with Crippen LogP contribution in [0.2, 0.25) is 0 Å². The van der Waals surface area contributed by atoms with E-state index >= 15 is 0 Å². The smallest absolute Gasteiger partial charge is 0.125 e. The lowest BCUT2D eigenvalue weighted by Crippen LogP contribution is -2.26. The SMILES string of the molecule is CC[C@@H](C=O)[C@H](O)C(C)C. The van der Waals surface area contributed by atoms with E-state index in [0.29, 0.717) is 0 Å². The summed E-state index contributed by atoms with van der Waals surface area (Å²) in [5.74, 6) is -0.00449. The van der Waals surface area contributed by atoms with Crippen LogP contribution in [-0.2, 0) is 4.79 Å². The predicted molar refractivity (Wildman–Crippen MR) is 40.7 cm³/mol. The van der Waals surface area contributed by atoms with Crippen molar-refractivity contribution >= 4 is 6.29 Å². The Morgan fingerprint density at radius 2 is 2.00 bits per heavy atom. The highest BCUT2D eigenvalue weighted by Gasteiger charge is 2.19. The van der Waals surface area contributed by atoms with Crippen molar-refractivity contribution in [2.75, 3.05) is 0 Å². The van der Waals surface area contributed by atoms with Gasteiger partial charge in [-0.25, -0.2) is 0 Å². The maximum Gasteiger partial charge on any atom is 0.125 e. The number of hydrogen-bond donors (Lipinski definition) is 1. The Balaban J connectivity index is 3.87. The monoisotopic (exact) mass is 144 g/mol. The van der Waals surface area contributed by atoms with Crippen LogP contribution in [0.4, 0.5) is 0 Å². The molecule has 0 aliphatic rings.